The normalized spacial score (nSPS) is 13.1. The highest BCUT2D eigenvalue weighted by Crippen LogP contribution is 2.25. The van der Waals surface area contributed by atoms with Crippen LogP contribution in [0.3, 0.4) is 0 Å². The smallest absolute Gasteiger partial charge is 0.173 e. The highest BCUT2D eigenvalue weighted by molar-refractivity contribution is 7.12. The summed E-state index contributed by atoms with van der Waals surface area (Å²) in [7, 11) is 1.66. The fourth-order valence-electron chi connectivity index (χ4n) is 0.676. The Hall–Kier alpha value is -0.540. The molecule has 0 aliphatic rings. The Morgan fingerprint density at radius 2 is 2.40 bits per heavy atom. The Morgan fingerprint density at radius 1 is 1.70 bits per heavy atom. The van der Waals surface area contributed by atoms with E-state index in [2.05, 4.69) is 0 Å². The Bertz CT molecular complexity index is 207. The van der Waals surface area contributed by atoms with Crippen LogP contribution >= 0.6 is 11.3 Å². The van der Waals surface area contributed by atoms with Crippen molar-refractivity contribution in [3.8, 4) is 5.06 Å². The maximum atomic E-state index is 5.63. The van der Waals surface area contributed by atoms with Crippen LogP contribution in [0.4, 0.5) is 0 Å². The van der Waals surface area contributed by atoms with E-state index in [1.807, 2.05) is 18.4 Å². The molecule has 0 spiro atoms. The molecule has 56 valence electrons. The van der Waals surface area contributed by atoms with Crippen molar-refractivity contribution in [3.63, 3.8) is 0 Å². The maximum Gasteiger partial charge on any atom is 0.173 e. The summed E-state index contributed by atoms with van der Waals surface area (Å²) in [5, 5.41) is 2.94. The molecule has 0 amide bonds. The molecule has 0 radical (unpaired) electrons. The predicted molar refractivity (Wildman–Crippen MR) is 43.5 cm³/mol. The molecule has 0 saturated carbocycles. The van der Waals surface area contributed by atoms with Crippen LogP contribution in [-0.4, -0.2) is 7.11 Å². The molecular weight excluding hydrogens is 146 g/mol. The van der Waals surface area contributed by atoms with Crippen molar-refractivity contribution >= 4 is 11.3 Å². The number of hydrogen-bond donors (Lipinski definition) is 1. The quantitative estimate of drug-likeness (QED) is 0.710. The monoisotopic (exact) mass is 157 g/mol. The minimum atomic E-state index is 0.111. The van der Waals surface area contributed by atoms with E-state index in [1.165, 1.54) is 0 Å². The standard InChI is InChI=1S/C7H11NOS/c1-5(8)6-3-7(9-2)10-4-6/h3-5H,8H2,1-2H3. The molecule has 1 rings (SSSR count). The van der Waals surface area contributed by atoms with Gasteiger partial charge in [0.25, 0.3) is 0 Å². The van der Waals surface area contributed by atoms with Crippen molar-refractivity contribution in [2.45, 2.75) is 13.0 Å². The van der Waals surface area contributed by atoms with Gasteiger partial charge in [-0.15, -0.1) is 11.3 Å². The second kappa shape index (κ2) is 3.03. The number of methoxy groups -OCH3 is 1. The Kier molecular flexibility index (Phi) is 2.29. The van der Waals surface area contributed by atoms with Gasteiger partial charge in [-0.25, -0.2) is 0 Å². The Labute approximate surface area is 64.6 Å². The van der Waals surface area contributed by atoms with Crippen LogP contribution in [0.2, 0.25) is 0 Å². The second-order valence-electron chi connectivity index (χ2n) is 2.19. The molecule has 3 heteroatoms. The first-order valence-corrected chi connectivity index (χ1v) is 4.00. The van der Waals surface area contributed by atoms with Crippen LogP contribution in [0.25, 0.3) is 0 Å². The molecule has 0 aliphatic carbocycles. The summed E-state index contributed by atoms with van der Waals surface area (Å²) in [6, 6.07) is 2.08. The summed E-state index contributed by atoms with van der Waals surface area (Å²) in [5.41, 5.74) is 6.77. The van der Waals surface area contributed by atoms with Crippen molar-refractivity contribution in [2.75, 3.05) is 7.11 Å². The van der Waals surface area contributed by atoms with Gasteiger partial charge in [-0.3, -0.25) is 0 Å². The first kappa shape index (κ1) is 7.57. The molecule has 0 fully saturated rings. The van der Waals surface area contributed by atoms with Crippen LogP contribution in [-0.2, 0) is 0 Å². The van der Waals surface area contributed by atoms with Gasteiger partial charge < -0.3 is 10.5 Å². The van der Waals surface area contributed by atoms with Crippen molar-refractivity contribution < 1.29 is 4.74 Å². The lowest BCUT2D eigenvalue weighted by Gasteiger charge is -1.97. The third-order valence-corrected chi connectivity index (χ3v) is 2.23. The third kappa shape index (κ3) is 1.49. The van der Waals surface area contributed by atoms with Crippen molar-refractivity contribution in [2.24, 2.45) is 5.73 Å². The van der Waals surface area contributed by atoms with E-state index in [-0.39, 0.29) is 6.04 Å². The van der Waals surface area contributed by atoms with Gasteiger partial charge in [0.2, 0.25) is 0 Å². The van der Waals surface area contributed by atoms with Crippen LogP contribution in [0, 0.1) is 0 Å². The number of rotatable bonds is 2. The van der Waals surface area contributed by atoms with Gasteiger partial charge in [0.1, 0.15) is 0 Å². The number of ether oxygens (including phenoxy) is 1. The zero-order valence-corrected chi connectivity index (χ0v) is 6.94. The van der Waals surface area contributed by atoms with Crippen molar-refractivity contribution in [3.05, 3.63) is 17.0 Å². The molecule has 10 heavy (non-hydrogen) atoms. The van der Waals surface area contributed by atoms with Crippen LogP contribution in [0.5, 0.6) is 5.06 Å². The molecule has 1 unspecified atom stereocenters. The summed E-state index contributed by atoms with van der Waals surface area (Å²) in [6.45, 7) is 1.96. The van der Waals surface area contributed by atoms with Crippen LogP contribution < -0.4 is 10.5 Å². The van der Waals surface area contributed by atoms with Gasteiger partial charge in [-0.2, -0.15) is 0 Å². The van der Waals surface area contributed by atoms with E-state index in [9.17, 15) is 0 Å². The molecule has 2 N–H and O–H groups in total. The van der Waals surface area contributed by atoms with Crippen LogP contribution in [0.15, 0.2) is 11.4 Å². The lowest BCUT2D eigenvalue weighted by atomic mass is 10.2. The van der Waals surface area contributed by atoms with E-state index in [0.29, 0.717) is 0 Å². The Morgan fingerprint density at radius 3 is 2.70 bits per heavy atom. The van der Waals surface area contributed by atoms with Gasteiger partial charge in [0.15, 0.2) is 5.06 Å². The van der Waals surface area contributed by atoms with Gasteiger partial charge in [0.05, 0.1) is 7.11 Å². The fraction of sp³-hybridized carbons (Fsp3) is 0.429. The average molecular weight is 157 g/mol. The first-order chi connectivity index (χ1) is 4.74. The summed E-state index contributed by atoms with van der Waals surface area (Å²) < 4.78 is 5.01. The molecule has 2 nitrogen and oxygen atoms in total. The zero-order chi connectivity index (χ0) is 7.56. The molecular formula is C7H11NOS. The summed E-state index contributed by atoms with van der Waals surface area (Å²) in [6.07, 6.45) is 0. The minimum Gasteiger partial charge on any atom is -0.487 e. The first-order valence-electron chi connectivity index (χ1n) is 3.12. The highest BCUT2D eigenvalue weighted by Gasteiger charge is 2.02. The van der Waals surface area contributed by atoms with E-state index < -0.39 is 0 Å². The average Bonchev–Trinajstić information content (AvgIpc) is 2.34. The van der Waals surface area contributed by atoms with Gasteiger partial charge in [-0.1, -0.05) is 0 Å². The Balaban J connectivity index is 2.78. The SMILES string of the molecule is COc1cc(C(C)N)cs1. The highest BCUT2D eigenvalue weighted by atomic mass is 32.1. The largest absolute Gasteiger partial charge is 0.487 e. The molecule has 1 aromatic rings. The predicted octanol–water partition coefficient (Wildman–Crippen LogP) is 1.78. The molecule has 0 aromatic carbocycles. The van der Waals surface area contributed by atoms with E-state index in [1.54, 1.807) is 18.4 Å². The molecule has 1 heterocycles. The van der Waals surface area contributed by atoms with Gasteiger partial charge >= 0.3 is 0 Å². The van der Waals surface area contributed by atoms with E-state index >= 15 is 0 Å². The fourth-order valence-corrected chi connectivity index (χ4v) is 1.51. The summed E-state index contributed by atoms with van der Waals surface area (Å²) in [5.74, 6) is 0. The van der Waals surface area contributed by atoms with Gasteiger partial charge in [0, 0.05) is 6.04 Å². The lowest BCUT2D eigenvalue weighted by Crippen LogP contribution is -2.02. The van der Waals surface area contributed by atoms with Crippen molar-refractivity contribution in [1.29, 1.82) is 0 Å². The van der Waals surface area contributed by atoms with E-state index in [0.717, 1.165) is 10.6 Å². The maximum absolute atomic E-state index is 5.63. The molecule has 1 atom stereocenters. The number of thiophene rings is 1. The molecule has 1 aromatic heterocycles. The topological polar surface area (TPSA) is 35.2 Å². The number of nitrogens with two attached hydrogens (primary N) is 1. The molecule has 0 bridgehead atoms. The minimum absolute atomic E-state index is 0.111. The second-order valence-corrected chi connectivity index (χ2v) is 3.07. The lowest BCUT2D eigenvalue weighted by molar-refractivity contribution is 0.426. The third-order valence-electron chi connectivity index (χ3n) is 1.32. The van der Waals surface area contributed by atoms with E-state index in [4.69, 9.17) is 10.5 Å². The van der Waals surface area contributed by atoms with Crippen LogP contribution in [0.1, 0.15) is 18.5 Å². The summed E-state index contributed by atoms with van der Waals surface area (Å²) >= 11 is 1.58. The molecule has 0 aliphatic heterocycles. The molecule has 0 saturated heterocycles. The van der Waals surface area contributed by atoms with Gasteiger partial charge in [-0.05, 0) is 23.9 Å². The van der Waals surface area contributed by atoms with Crippen molar-refractivity contribution in [1.82, 2.24) is 0 Å². The zero-order valence-electron chi connectivity index (χ0n) is 6.13. The summed E-state index contributed by atoms with van der Waals surface area (Å²) in [4.78, 5) is 0. The number of hydrogen-bond acceptors (Lipinski definition) is 3.